The average Bonchev–Trinajstić information content (AvgIpc) is 3.31. The number of hydrogen-bond acceptors (Lipinski definition) is 11. The minimum atomic E-state index is -5.37. The van der Waals surface area contributed by atoms with Crippen molar-refractivity contribution >= 4 is 25.7 Å². The molecule has 3 aromatic rings. The fraction of sp³-hybridized carbons (Fsp3) is 0.368. The van der Waals surface area contributed by atoms with Crippen molar-refractivity contribution in [2.75, 3.05) is 12.1 Å². The molecular formula is C19H20N3O9P2-3. The van der Waals surface area contributed by atoms with E-state index in [1.54, 1.807) is 0 Å². The molecule has 0 saturated carbocycles. The van der Waals surface area contributed by atoms with Crippen LogP contribution in [0.5, 0.6) is 0 Å². The van der Waals surface area contributed by atoms with Crippen LogP contribution in [0, 0.1) is 0 Å². The van der Waals surface area contributed by atoms with Gasteiger partial charge in [-0.1, -0.05) is 49.2 Å². The smallest absolute Gasteiger partial charge is 0.180 e. The Morgan fingerprint density at radius 2 is 1.76 bits per heavy atom. The molecule has 0 amide bonds. The summed E-state index contributed by atoms with van der Waals surface area (Å²) in [5, 5.41) is 40.8. The van der Waals surface area contributed by atoms with Crippen LogP contribution in [0.15, 0.2) is 48.7 Å². The van der Waals surface area contributed by atoms with Crippen molar-refractivity contribution in [2.45, 2.75) is 30.6 Å². The van der Waals surface area contributed by atoms with Gasteiger partial charge in [-0.2, -0.15) is 0 Å². The van der Waals surface area contributed by atoms with Crippen LogP contribution >= 0.6 is 15.0 Å². The van der Waals surface area contributed by atoms with Crippen molar-refractivity contribution in [3.63, 3.8) is 0 Å². The van der Waals surface area contributed by atoms with Crippen LogP contribution in [-0.4, -0.2) is 66.8 Å². The first-order valence-electron chi connectivity index (χ1n) is 9.84. The van der Waals surface area contributed by atoms with Gasteiger partial charge in [-0.3, -0.25) is 0 Å². The van der Waals surface area contributed by atoms with Crippen LogP contribution in [0.2, 0.25) is 0 Å². The van der Waals surface area contributed by atoms with Gasteiger partial charge >= 0.3 is 0 Å². The molecule has 33 heavy (non-hydrogen) atoms. The maximum atomic E-state index is 11.9. The summed E-state index contributed by atoms with van der Waals surface area (Å²) < 4.78 is 29.2. The highest BCUT2D eigenvalue weighted by atomic mass is 31.2. The van der Waals surface area contributed by atoms with Crippen molar-refractivity contribution in [1.29, 1.82) is 0 Å². The third kappa shape index (κ3) is 5.41. The molecule has 0 aliphatic carbocycles. The van der Waals surface area contributed by atoms with Gasteiger partial charge in [0.05, 0.1) is 12.3 Å². The number of aliphatic hydroxyl groups is 3. The Bertz CT molecular complexity index is 1250. The lowest BCUT2D eigenvalue weighted by Crippen LogP contribution is -2.41. The normalized spacial score (nSPS) is 26.4. The highest BCUT2D eigenvalue weighted by Crippen LogP contribution is 2.48. The van der Waals surface area contributed by atoms with E-state index in [4.69, 9.17) is 4.74 Å². The maximum Gasteiger partial charge on any atom is 0.180 e. The zero-order valence-corrected chi connectivity index (χ0v) is 18.7. The van der Waals surface area contributed by atoms with E-state index in [1.807, 2.05) is 42.5 Å². The molecule has 1 unspecified atom stereocenters. The standard InChI is InChI=1S/C19H23N3O9P2/c23-15(9-32(26,27)10-33(28,29)30)18-16(24)17(25)19(31-18)22-8-14(20-21-22)13-6-5-11-3-1-2-4-12(11)7-13/h1-8,15-19,23-25H,9-10H2,(H,26,27)(H2,28,29,30)/p-3/t15-,16+,17-,18-,19-/m1/s1. The molecule has 1 fully saturated rings. The van der Waals surface area contributed by atoms with Crippen molar-refractivity contribution in [2.24, 2.45) is 0 Å². The predicted octanol–water partition coefficient (Wildman–Crippen LogP) is -1.41. The number of ether oxygens (including phenoxy) is 1. The van der Waals surface area contributed by atoms with E-state index in [0.717, 1.165) is 21.0 Å². The second kappa shape index (κ2) is 8.99. The minimum absolute atomic E-state index is 0.445. The summed E-state index contributed by atoms with van der Waals surface area (Å²) in [6.45, 7) is 0. The van der Waals surface area contributed by atoms with Crippen molar-refractivity contribution in [3.05, 3.63) is 48.7 Å². The van der Waals surface area contributed by atoms with Crippen molar-refractivity contribution < 1.29 is 43.9 Å². The first kappa shape index (κ1) is 24.2. The van der Waals surface area contributed by atoms with E-state index in [-0.39, 0.29) is 0 Å². The largest absolute Gasteiger partial charge is 0.810 e. The molecule has 178 valence electrons. The summed E-state index contributed by atoms with van der Waals surface area (Å²) in [5.74, 6) is -1.65. The van der Waals surface area contributed by atoms with Gasteiger partial charge in [-0.05, 0) is 16.8 Å². The number of nitrogens with zero attached hydrogens (tertiary/aromatic N) is 3. The Kier molecular flexibility index (Phi) is 6.58. The van der Waals surface area contributed by atoms with E-state index < -0.39 is 57.7 Å². The molecule has 1 saturated heterocycles. The predicted molar refractivity (Wildman–Crippen MR) is 110 cm³/mol. The Morgan fingerprint density at radius 3 is 2.45 bits per heavy atom. The Morgan fingerprint density at radius 1 is 1.06 bits per heavy atom. The fourth-order valence-corrected chi connectivity index (χ4v) is 7.17. The summed E-state index contributed by atoms with van der Waals surface area (Å²) in [6.07, 6.45) is -7.71. The van der Waals surface area contributed by atoms with Crippen LogP contribution in [0.3, 0.4) is 0 Å². The first-order chi connectivity index (χ1) is 15.4. The van der Waals surface area contributed by atoms with Crippen LogP contribution in [0.1, 0.15) is 6.23 Å². The maximum absolute atomic E-state index is 11.9. The highest BCUT2D eigenvalue weighted by Gasteiger charge is 2.47. The molecule has 4 rings (SSSR count). The molecule has 6 atom stereocenters. The van der Waals surface area contributed by atoms with E-state index in [9.17, 15) is 39.1 Å². The molecule has 1 aromatic heterocycles. The first-order valence-corrected chi connectivity index (χ1v) is 13.6. The van der Waals surface area contributed by atoms with Crippen molar-refractivity contribution in [1.82, 2.24) is 15.0 Å². The lowest BCUT2D eigenvalue weighted by atomic mass is 10.1. The third-order valence-electron chi connectivity index (χ3n) is 5.32. The Balaban J connectivity index is 1.50. The van der Waals surface area contributed by atoms with E-state index in [1.165, 1.54) is 6.20 Å². The van der Waals surface area contributed by atoms with Crippen molar-refractivity contribution in [3.8, 4) is 11.3 Å². The zero-order valence-electron chi connectivity index (χ0n) is 16.9. The van der Waals surface area contributed by atoms with Crippen LogP contribution in [0.25, 0.3) is 22.0 Å². The molecule has 0 bridgehead atoms. The molecule has 2 heterocycles. The zero-order chi connectivity index (χ0) is 24.0. The average molecular weight is 496 g/mol. The molecule has 14 heteroatoms. The molecule has 3 N–H and O–H groups in total. The molecule has 2 aromatic carbocycles. The third-order valence-corrected chi connectivity index (χ3v) is 9.36. The molecule has 12 nitrogen and oxygen atoms in total. The summed E-state index contributed by atoms with van der Waals surface area (Å²) in [7, 11) is -10.2. The number of aliphatic hydroxyl groups excluding tert-OH is 3. The summed E-state index contributed by atoms with van der Waals surface area (Å²) in [6, 6.07) is 13.3. The molecule has 0 radical (unpaired) electrons. The Hall–Kier alpha value is -1.98. The summed E-state index contributed by atoms with van der Waals surface area (Å²) >= 11 is 0. The molecule has 0 spiro atoms. The second-order valence-corrected chi connectivity index (χ2v) is 12.3. The molecule has 1 aliphatic rings. The lowest BCUT2D eigenvalue weighted by Gasteiger charge is -2.38. The highest BCUT2D eigenvalue weighted by molar-refractivity contribution is 7.70. The molecular weight excluding hydrogens is 476 g/mol. The van der Waals surface area contributed by atoms with E-state index >= 15 is 0 Å². The van der Waals surface area contributed by atoms with Crippen LogP contribution in [0.4, 0.5) is 0 Å². The Labute approximate surface area is 187 Å². The van der Waals surface area contributed by atoms with Crippen LogP contribution in [-0.2, 0) is 13.9 Å². The number of rotatable bonds is 7. The number of fused-ring (bicyclic) bond motifs is 1. The van der Waals surface area contributed by atoms with E-state index in [0.29, 0.717) is 5.69 Å². The van der Waals surface area contributed by atoms with Gasteiger partial charge in [-0.15, -0.1) is 5.10 Å². The van der Waals surface area contributed by atoms with Gasteiger partial charge < -0.3 is 43.9 Å². The van der Waals surface area contributed by atoms with E-state index in [2.05, 4.69) is 10.3 Å². The van der Waals surface area contributed by atoms with Gasteiger partial charge in [-0.25, -0.2) is 4.68 Å². The monoisotopic (exact) mass is 496 g/mol. The number of aromatic nitrogens is 3. The summed E-state index contributed by atoms with van der Waals surface area (Å²) in [5.41, 5.74) is 1.18. The topological polar surface area (TPSA) is 204 Å². The second-order valence-electron chi connectivity index (χ2n) is 7.93. The SMILES string of the molecule is O=P([O-])([O-])CP(=O)([O-])C[C@@H](O)[C@H]1O[C@@H](n2cc(-c3ccc4ccccc4c3)nn2)[C@H](O)[C@@H]1O. The quantitative estimate of drug-likeness (QED) is 0.324. The lowest BCUT2D eigenvalue weighted by molar-refractivity contribution is -0.312. The number of benzene rings is 2. The van der Waals surface area contributed by atoms with Gasteiger partial charge in [0.15, 0.2) is 6.23 Å². The molecule has 1 aliphatic heterocycles. The van der Waals surface area contributed by atoms with Crippen LogP contribution < -0.4 is 14.7 Å². The van der Waals surface area contributed by atoms with Gasteiger partial charge in [0.2, 0.25) is 0 Å². The van der Waals surface area contributed by atoms with Gasteiger partial charge in [0.25, 0.3) is 0 Å². The minimum Gasteiger partial charge on any atom is -0.810 e. The fourth-order valence-electron chi connectivity index (χ4n) is 3.81. The summed E-state index contributed by atoms with van der Waals surface area (Å²) in [4.78, 5) is 33.4. The number of hydrogen-bond donors (Lipinski definition) is 3. The van der Waals surface area contributed by atoms with Gasteiger partial charge in [0.1, 0.15) is 24.0 Å². The van der Waals surface area contributed by atoms with Gasteiger partial charge in [0, 0.05) is 25.0 Å².